The first-order valence-corrected chi connectivity index (χ1v) is 4.11. The first kappa shape index (κ1) is 10.6. The number of aliphatic carboxylic acids is 1. The molecular formula is C7H12N4O3. The lowest BCUT2D eigenvalue weighted by Gasteiger charge is -2.12. The fraction of sp³-hybridized carbons (Fsp3) is 0.714. The van der Waals surface area contributed by atoms with Crippen LogP contribution in [0.15, 0.2) is 0 Å². The molecule has 1 aromatic rings. The zero-order valence-corrected chi connectivity index (χ0v) is 8.21. The molecule has 0 bridgehead atoms. The van der Waals surface area contributed by atoms with Crippen molar-refractivity contribution in [1.29, 1.82) is 0 Å². The van der Waals surface area contributed by atoms with Crippen LogP contribution in [0.3, 0.4) is 0 Å². The molecule has 0 aromatic carbocycles. The van der Waals surface area contributed by atoms with Crippen molar-refractivity contribution in [3.8, 4) is 0 Å². The Morgan fingerprint density at radius 2 is 2.21 bits per heavy atom. The molecule has 1 N–H and O–H groups in total. The van der Waals surface area contributed by atoms with Crippen LogP contribution in [-0.4, -0.2) is 38.4 Å². The monoisotopic (exact) mass is 200 g/mol. The maximum Gasteiger partial charge on any atom is 0.328 e. The maximum atomic E-state index is 10.7. The molecule has 2 atom stereocenters. The lowest BCUT2D eigenvalue weighted by molar-refractivity contribution is -0.140. The van der Waals surface area contributed by atoms with Crippen LogP contribution in [0.1, 0.15) is 31.8 Å². The summed E-state index contributed by atoms with van der Waals surface area (Å²) in [7, 11) is 1.51. The van der Waals surface area contributed by atoms with Gasteiger partial charge in [-0.15, -0.1) is 5.10 Å². The molecule has 0 saturated carbocycles. The van der Waals surface area contributed by atoms with Crippen LogP contribution in [-0.2, 0) is 9.53 Å². The van der Waals surface area contributed by atoms with Crippen molar-refractivity contribution >= 4 is 5.97 Å². The topological polar surface area (TPSA) is 90.1 Å². The first-order chi connectivity index (χ1) is 6.57. The third-order valence-electron chi connectivity index (χ3n) is 1.96. The maximum absolute atomic E-state index is 10.7. The van der Waals surface area contributed by atoms with E-state index in [1.165, 1.54) is 18.7 Å². The van der Waals surface area contributed by atoms with Gasteiger partial charge >= 0.3 is 5.97 Å². The molecule has 1 aromatic heterocycles. The van der Waals surface area contributed by atoms with Gasteiger partial charge in [0.25, 0.3) is 0 Å². The zero-order chi connectivity index (χ0) is 10.7. The average molecular weight is 200 g/mol. The Morgan fingerprint density at radius 3 is 2.71 bits per heavy atom. The number of hydrogen-bond donors (Lipinski definition) is 1. The summed E-state index contributed by atoms with van der Waals surface area (Å²) in [6, 6.07) is -0.794. The Bertz CT molecular complexity index is 324. The standard InChI is InChI=1S/C7H12N4O3/c1-4(7(12)13)11-6(5(2)14-3)8-9-10-11/h4-5H,1-3H3,(H,12,13). The average Bonchev–Trinajstić information content (AvgIpc) is 2.63. The Hall–Kier alpha value is -1.50. The van der Waals surface area contributed by atoms with E-state index in [0.717, 1.165) is 0 Å². The summed E-state index contributed by atoms with van der Waals surface area (Å²) >= 11 is 0. The molecule has 7 nitrogen and oxygen atoms in total. The molecule has 0 aliphatic rings. The summed E-state index contributed by atoms with van der Waals surface area (Å²) in [4.78, 5) is 10.7. The molecule has 7 heteroatoms. The largest absolute Gasteiger partial charge is 0.480 e. The second kappa shape index (κ2) is 4.14. The number of methoxy groups -OCH3 is 1. The van der Waals surface area contributed by atoms with E-state index in [4.69, 9.17) is 9.84 Å². The molecule has 1 heterocycles. The highest BCUT2D eigenvalue weighted by Gasteiger charge is 2.22. The highest BCUT2D eigenvalue weighted by atomic mass is 16.5. The normalized spacial score (nSPS) is 15.1. The number of carboxylic acids is 1. The predicted molar refractivity (Wildman–Crippen MR) is 45.6 cm³/mol. The number of nitrogens with zero attached hydrogens (tertiary/aromatic N) is 4. The van der Waals surface area contributed by atoms with E-state index in [2.05, 4.69) is 15.5 Å². The lowest BCUT2D eigenvalue weighted by Crippen LogP contribution is -2.20. The number of rotatable bonds is 4. The van der Waals surface area contributed by atoms with Gasteiger partial charge in [-0.2, -0.15) is 0 Å². The van der Waals surface area contributed by atoms with Gasteiger partial charge < -0.3 is 9.84 Å². The van der Waals surface area contributed by atoms with Crippen LogP contribution >= 0.6 is 0 Å². The number of carboxylic acid groups (broad SMARTS) is 1. The van der Waals surface area contributed by atoms with Gasteiger partial charge in [0.15, 0.2) is 11.9 Å². The minimum atomic E-state index is -0.984. The summed E-state index contributed by atoms with van der Waals surface area (Å²) in [6.07, 6.45) is -0.327. The summed E-state index contributed by atoms with van der Waals surface area (Å²) in [5, 5.41) is 19.5. The van der Waals surface area contributed by atoms with E-state index in [0.29, 0.717) is 5.82 Å². The van der Waals surface area contributed by atoms with Crippen molar-refractivity contribution in [2.75, 3.05) is 7.11 Å². The van der Waals surface area contributed by atoms with Crippen LogP contribution in [0.25, 0.3) is 0 Å². The number of hydrogen-bond acceptors (Lipinski definition) is 5. The van der Waals surface area contributed by atoms with Crippen molar-refractivity contribution in [2.24, 2.45) is 0 Å². The Balaban J connectivity index is 2.98. The SMILES string of the molecule is COC(C)c1nnnn1C(C)C(=O)O. The second-order valence-electron chi connectivity index (χ2n) is 2.87. The van der Waals surface area contributed by atoms with E-state index in [1.54, 1.807) is 6.92 Å². The third-order valence-corrected chi connectivity index (χ3v) is 1.96. The van der Waals surface area contributed by atoms with Crippen molar-refractivity contribution in [3.05, 3.63) is 5.82 Å². The molecular weight excluding hydrogens is 188 g/mol. The van der Waals surface area contributed by atoms with Crippen molar-refractivity contribution in [1.82, 2.24) is 20.2 Å². The minimum Gasteiger partial charge on any atom is -0.480 e. The Morgan fingerprint density at radius 1 is 1.57 bits per heavy atom. The van der Waals surface area contributed by atoms with Gasteiger partial charge in [0.2, 0.25) is 0 Å². The molecule has 0 aliphatic heterocycles. The molecule has 0 spiro atoms. The summed E-state index contributed by atoms with van der Waals surface area (Å²) in [5.41, 5.74) is 0. The lowest BCUT2D eigenvalue weighted by atomic mass is 10.3. The fourth-order valence-corrected chi connectivity index (χ4v) is 0.954. The molecule has 2 unspecified atom stereocenters. The van der Waals surface area contributed by atoms with Crippen LogP contribution in [0.4, 0.5) is 0 Å². The highest BCUT2D eigenvalue weighted by molar-refractivity contribution is 5.71. The highest BCUT2D eigenvalue weighted by Crippen LogP contribution is 2.15. The van der Waals surface area contributed by atoms with Crippen molar-refractivity contribution in [2.45, 2.75) is 26.0 Å². The number of tetrazole rings is 1. The predicted octanol–water partition coefficient (Wildman–Crippen LogP) is 0.0261. The zero-order valence-electron chi connectivity index (χ0n) is 8.21. The second-order valence-corrected chi connectivity index (χ2v) is 2.87. The van der Waals surface area contributed by atoms with E-state index >= 15 is 0 Å². The van der Waals surface area contributed by atoms with Crippen LogP contribution < -0.4 is 0 Å². The Kier molecular flexibility index (Phi) is 3.13. The molecule has 1 rings (SSSR count). The number of ether oxygens (including phenoxy) is 1. The molecule has 78 valence electrons. The van der Waals surface area contributed by atoms with Crippen LogP contribution in [0, 0.1) is 0 Å². The third kappa shape index (κ3) is 1.87. The van der Waals surface area contributed by atoms with Gasteiger partial charge in [0, 0.05) is 7.11 Å². The van der Waals surface area contributed by atoms with Crippen LogP contribution in [0.2, 0.25) is 0 Å². The Labute approximate surface area is 80.7 Å². The summed E-state index contributed by atoms with van der Waals surface area (Å²) in [6.45, 7) is 3.25. The summed E-state index contributed by atoms with van der Waals surface area (Å²) in [5.74, 6) is -0.579. The van der Waals surface area contributed by atoms with E-state index in [-0.39, 0.29) is 6.10 Å². The molecule has 0 fully saturated rings. The van der Waals surface area contributed by atoms with Crippen LogP contribution in [0.5, 0.6) is 0 Å². The van der Waals surface area contributed by atoms with Crippen molar-refractivity contribution in [3.63, 3.8) is 0 Å². The molecule has 0 radical (unpaired) electrons. The van der Waals surface area contributed by atoms with Gasteiger partial charge in [0.1, 0.15) is 6.10 Å². The van der Waals surface area contributed by atoms with Gasteiger partial charge in [-0.05, 0) is 24.3 Å². The van der Waals surface area contributed by atoms with Gasteiger partial charge in [-0.25, -0.2) is 9.48 Å². The first-order valence-electron chi connectivity index (χ1n) is 4.11. The fourth-order valence-electron chi connectivity index (χ4n) is 0.954. The molecule has 0 aliphatic carbocycles. The van der Waals surface area contributed by atoms with Gasteiger partial charge in [-0.1, -0.05) is 0 Å². The molecule has 0 saturated heterocycles. The smallest absolute Gasteiger partial charge is 0.328 e. The quantitative estimate of drug-likeness (QED) is 0.737. The number of aromatic nitrogens is 4. The van der Waals surface area contributed by atoms with Gasteiger partial charge in [0.05, 0.1) is 0 Å². The van der Waals surface area contributed by atoms with E-state index < -0.39 is 12.0 Å². The van der Waals surface area contributed by atoms with E-state index in [9.17, 15) is 4.79 Å². The molecule has 0 amide bonds. The minimum absolute atomic E-state index is 0.327. The van der Waals surface area contributed by atoms with E-state index in [1.807, 2.05) is 0 Å². The molecule has 14 heavy (non-hydrogen) atoms. The summed E-state index contributed by atoms with van der Waals surface area (Å²) < 4.78 is 6.24. The van der Waals surface area contributed by atoms with Crippen molar-refractivity contribution < 1.29 is 14.6 Å². The van der Waals surface area contributed by atoms with Gasteiger partial charge in [-0.3, -0.25) is 0 Å². The number of carbonyl (C=O) groups is 1.